The zero-order valence-electron chi connectivity index (χ0n) is 28.8. The van der Waals surface area contributed by atoms with Crippen LogP contribution in [0, 0.1) is 13.8 Å². The minimum absolute atomic E-state index is 0.0800. The van der Waals surface area contributed by atoms with Gasteiger partial charge in [0, 0.05) is 47.4 Å². The van der Waals surface area contributed by atoms with Gasteiger partial charge in [0.15, 0.2) is 11.8 Å². The fraction of sp³-hybridized carbons (Fsp3) is 0.447. The molecule has 1 saturated heterocycles. The van der Waals surface area contributed by atoms with Crippen LogP contribution in [0.1, 0.15) is 76.8 Å². The first kappa shape index (κ1) is 34.0. The number of hydrogen-bond donors (Lipinski definition) is 1. The number of ether oxygens (including phenoxy) is 3. The van der Waals surface area contributed by atoms with E-state index in [4.69, 9.17) is 35.9 Å². The minimum atomic E-state index is -1.23. The molecular formula is C38H45ClN4O5. The number of aryl methyl sites for hydroxylation is 2. The average Bonchev–Trinajstić information content (AvgIpc) is 3.44. The molecule has 10 heteroatoms. The maximum atomic E-state index is 12.8. The lowest BCUT2D eigenvalue weighted by Gasteiger charge is -2.41. The first-order valence-corrected chi connectivity index (χ1v) is 17.0. The SMILES string of the molecule is Cc1cc2c(cc1Cl)O[C@H](C)C/C=C/COC1(C)CCN(CC1)c1c([C@H](OC(C)(C)C)C(=O)O)c(C)nc3cc(nn13)-c1cccc-2c1. The Kier molecular flexibility index (Phi) is 9.32. The predicted molar refractivity (Wildman–Crippen MR) is 189 cm³/mol. The molecule has 7 rings (SSSR count). The molecule has 48 heavy (non-hydrogen) atoms. The van der Waals surface area contributed by atoms with Crippen molar-refractivity contribution in [2.45, 2.75) is 91.1 Å². The quantitative estimate of drug-likeness (QED) is 0.217. The Hall–Kier alpha value is -3.92. The zero-order valence-corrected chi connectivity index (χ0v) is 29.6. The van der Waals surface area contributed by atoms with E-state index >= 15 is 0 Å². The molecule has 9 nitrogen and oxygen atoms in total. The fourth-order valence-corrected chi connectivity index (χ4v) is 6.65. The number of benzene rings is 2. The van der Waals surface area contributed by atoms with E-state index in [0.29, 0.717) is 53.2 Å². The molecule has 1 N–H and O–H groups in total. The van der Waals surface area contributed by atoms with Gasteiger partial charge in [0.25, 0.3) is 0 Å². The van der Waals surface area contributed by atoms with Gasteiger partial charge in [-0.25, -0.2) is 9.78 Å². The number of nitrogens with zero attached hydrogens (tertiary/aromatic N) is 4. The topological polar surface area (TPSA) is 98.4 Å². The Morgan fingerprint density at radius 2 is 1.83 bits per heavy atom. The van der Waals surface area contributed by atoms with Gasteiger partial charge in [-0.3, -0.25) is 0 Å². The van der Waals surface area contributed by atoms with E-state index in [-0.39, 0.29) is 11.7 Å². The molecule has 2 aromatic heterocycles. The van der Waals surface area contributed by atoms with E-state index in [1.54, 1.807) is 4.52 Å². The van der Waals surface area contributed by atoms with E-state index in [2.05, 4.69) is 49.1 Å². The number of aromatic nitrogens is 3. The molecule has 5 heterocycles. The summed E-state index contributed by atoms with van der Waals surface area (Å²) in [5.74, 6) is 0.329. The number of anilines is 1. The van der Waals surface area contributed by atoms with Crippen molar-refractivity contribution in [2.75, 3.05) is 24.6 Å². The van der Waals surface area contributed by atoms with Crippen molar-refractivity contribution in [2.24, 2.45) is 0 Å². The smallest absolute Gasteiger partial charge is 0.337 e. The summed E-state index contributed by atoms with van der Waals surface area (Å²) in [5, 5.41) is 16.2. The third-order valence-electron chi connectivity index (χ3n) is 9.10. The van der Waals surface area contributed by atoms with Gasteiger partial charge in [-0.05, 0) is 90.6 Å². The Morgan fingerprint density at radius 3 is 2.54 bits per heavy atom. The highest BCUT2D eigenvalue weighted by Crippen LogP contribution is 2.40. The Balaban J connectivity index is 1.55. The number of carbonyl (C=O) groups is 1. The maximum absolute atomic E-state index is 12.8. The van der Waals surface area contributed by atoms with Gasteiger partial charge < -0.3 is 24.2 Å². The molecular weight excluding hydrogens is 628 g/mol. The maximum Gasteiger partial charge on any atom is 0.337 e. The van der Waals surface area contributed by atoms with E-state index < -0.39 is 17.7 Å². The summed E-state index contributed by atoms with van der Waals surface area (Å²) >= 11 is 6.59. The van der Waals surface area contributed by atoms with Crippen LogP contribution in [0.25, 0.3) is 28.0 Å². The molecule has 3 aliphatic rings. The number of fused-ring (bicyclic) bond motifs is 7. The lowest BCUT2D eigenvalue weighted by Crippen LogP contribution is -2.45. The highest BCUT2D eigenvalue weighted by atomic mass is 35.5. The summed E-state index contributed by atoms with van der Waals surface area (Å²) in [6.45, 7) is 15.4. The molecule has 2 aromatic carbocycles. The lowest BCUT2D eigenvalue weighted by molar-refractivity contribution is -0.160. The average molecular weight is 673 g/mol. The molecule has 6 bridgehead atoms. The summed E-state index contributed by atoms with van der Waals surface area (Å²) < 4.78 is 20.9. The molecule has 0 radical (unpaired) electrons. The Labute approximate surface area is 287 Å². The van der Waals surface area contributed by atoms with E-state index in [1.807, 2.05) is 58.9 Å². The molecule has 0 spiro atoms. The van der Waals surface area contributed by atoms with E-state index in [1.165, 1.54) is 0 Å². The highest BCUT2D eigenvalue weighted by Gasteiger charge is 2.37. The summed E-state index contributed by atoms with van der Waals surface area (Å²) in [6.07, 6.45) is 5.09. The van der Waals surface area contributed by atoms with Crippen LogP contribution in [0.4, 0.5) is 5.82 Å². The van der Waals surface area contributed by atoms with Gasteiger partial charge in [0.1, 0.15) is 11.6 Å². The van der Waals surface area contributed by atoms with Gasteiger partial charge in [0.2, 0.25) is 0 Å². The number of hydrogen-bond acceptors (Lipinski definition) is 7. The monoisotopic (exact) mass is 672 g/mol. The predicted octanol–water partition coefficient (Wildman–Crippen LogP) is 8.38. The van der Waals surface area contributed by atoms with Crippen molar-refractivity contribution in [3.8, 4) is 28.1 Å². The molecule has 254 valence electrons. The van der Waals surface area contributed by atoms with Crippen molar-refractivity contribution in [1.29, 1.82) is 0 Å². The van der Waals surface area contributed by atoms with Crippen molar-refractivity contribution in [1.82, 2.24) is 14.6 Å². The molecule has 3 aliphatic heterocycles. The number of rotatable bonds is 3. The highest BCUT2D eigenvalue weighted by molar-refractivity contribution is 6.31. The summed E-state index contributed by atoms with van der Waals surface area (Å²) in [5.41, 5.74) is 5.17. The summed E-state index contributed by atoms with van der Waals surface area (Å²) in [4.78, 5) is 19.9. The van der Waals surface area contributed by atoms with Crippen LogP contribution in [0.3, 0.4) is 0 Å². The van der Waals surface area contributed by atoms with Crippen molar-refractivity contribution < 1.29 is 24.1 Å². The van der Waals surface area contributed by atoms with Crippen LogP contribution in [0.15, 0.2) is 54.6 Å². The second-order valence-electron chi connectivity index (χ2n) is 14.2. The van der Waals surface area contributed by atoms with Crippen LogP contribution in [0.5, 0.6) is 5.75 Å². The minimum Gasteiger partial charge on any atom is -0.490 e. The van der Waals surface area contributed by atoms with E-state index in [9.17, 15) is 9.90 Å². The number of carboxylic acid groups (broad SMARTS) is 1. The normalized spacial score (nSPS) is 21.5. The summed E-state index contributed by atoms with van der Waals surface area (Å²) in [6, 6.07) is 14.1. The number of piperidine rings is 1. The molecule has 0 unspecified atom stereocenters. The van der Waals surface area contributed by atoms with Crippen molar-refractivity contribution in [3.63, 3.8) is 0 Å². The van der Waals surface area contributed by atoms with Gasteiger partial charge in [0.05, 0.1) is 35.2 Å². The molecule has 1 fully saturated rings. The van der Waals surface area contributed by atoms with Gasteiger partial charge in [-0.15, -0.1) is 0 Å². The third kappa shape index (κ3) is 7.09. The summed E-state index contributed by atoms with van der Waals surface area (Å²) in [7, 11) is 0. The number of halogens is 1. The van der Waals surface area contributed by atoms with Crippen LogP contribution in [0.2, 0.25) is 5.02 Å². The number of carboxylic acids is 1. The Bertz CT molecular complexity index is 1870. The molecule has 0 amide bonds. The van der Waals surface area contributed by atoms with Crippen LogP contribution >= 0.6 is 11.6 Å². The third-order valence-corrected chi connectivity index (χ3v) is 9.51. The first-order chi connectivity index (χ1) is 22.7. The first-order valence-electron chi connectivity index (χ1n) is 16.6. The lowest BCUT2D eigenvalue weighted by atomic mass is 9.92. The van der Waals surface area contributed by atoms with Gasteiger partial charge >= 0.3 is 5.97 Å². The molecule has 0 saturated carbocycles. The van der Waals surface area contributed by atoms with Crippen molar-refractivity contribution >= 4 is 29.0 Å². The largest absolute Gasteiger partial charge is 0.490 e. The van der Waals surface area contributed by atoms with E-state index in [0.717, 1.165) is 47.2 Å². The van der Waals surface area contributed by atoms with Gasteiger partial charge in [-0.2, -0.15) is 9.61 Å². The number of aliphatic carboxylic acids is 1. The van der Waals surface area contributed by atoms with Crippen LogP contribution in [-0.4, -0.2) is 62.7 Å². The Morgan fingerprint density at radius 1 is 1.10 bits per heavy atom. The second-order valence-corrected chi connectivity index (χ2v) is 14.7. The van der Waals surface area contributed by atoms with Crippen LogP contribution in [-0.2, 0) is 14.3 Å². The molecule has 0 aliphatic carbocycles. The molecule has 4 aromatic rings. The fourth-order valence-electron chi connectivity index (χ4n) is 6.49. The second kappa shape index (κ2) is 13.2. The standard InChI is InChI=1S/C38H45ClN4O5/c1-23-19-28-26-12-10-13-27(20-26)30-22-32-40-25(3)33(34(36(44)45)48-37(4,5)6)35(43(32)41-30)42-16-14-38(7,15-17-42)46-18-9-8-11-24(2)47-31(28)21-29(23)39/h8-10,12-13,19-22,24,34H,11,14-18H2,1-7H3,(H,44,45)/b9-8+/t24-,34+/m1/s1. The zero-order chi connectivity index (χ0) is 34.4. The molecule has 2 atom stereocenters. The van der Waals surface area contributed by atoms with Crippen molar-refractivity contribution in [3.05, 3.63) is 76.5 Å². The van der Waals surface area contributed by atoms with Crippen LogP contribution < -0.4 is 9.64 Å². The van der Waals surface area contributed by atoms with Gasteiger partial charge in [-0.1, -0.05) is 42.0 Å².